The molecular formula is C20H22ClN5. The first kappa shape index (κ1) is 18.1. The number of hydrogen-bond donors (Lipinski definition) is 2. The van der Waals surface area contributed by atoms with E-state index in [1.165, 1.54) is 0 Å². The second kappa shape index (κ2) is 7.70. The van der Waals surface area contributed by atoms with E-state index in [0.717, 1.165) is 33.1 Å². The fourth-order valence-electron chi connectivity index (χ4n) is 2.65. The molecule has 0 saturated carbocycles. The third-order valence-electron chi connectivity index (χ3n) is 3.98. The van der Waals surface area contributed by atoms with Crippen molar-refractivity contribution in [3.8, 4) is 11.3 Å². The quantitative estimate of drug-likeness (QED) is 0.634. The van der Waals surface area contributed by atoms with E-state index < -0.39 is 0 Å². The van der Waals surface area contributed by atoms with Crippen LogP contribution >= 0.6 is 11.6 Å². The molecule has 1 aromatic carbocycles. The Morgan fingerprint density at radius 2 is 1.73 bits per heavy atom. The number of aryl methyl sites for hydroxylation is 1. The molecule has 3 aromatic rings. The lowest BCUT2D eigenvalue weighted by atomic mass is 10.1. The van der Waals surface area contributed by atoms with Crippen molar-refractivity contribution in [3.05, 3.63) is 58.9 Å². The van der Waals surface area contributed by atoms with Crippen molar-refractivity contribution in [2.45, 2.75) is 33.7 Å². The maximum absolute atomic E-state index is 6.29. The molecule has 0 unspecified atom stereocenters. The van der Waals surface area contributed by atoms with Gasteiger partial charge in [-0.1, -0.05) is 17.7 Å². The topological polar surface area (TPSA) is 62.7 Å². The third-order valence-corrected chi connectivity index (χ3v) is 4.39. The number of pyridine rings is 1. The Morgan fingerprint density at radius 1 is 1.00 bits per heavy atom. The van der Waals surface area contributed by atoms with Gasteiger partial charge in [0.25, 0.3) is 0 Å². The molecule has 0 bridgehead atoms. The fourth-order valence-corrected chi connectivity index (χ4v) is 2.80. The maximum atomic E-state index is 6.29. The summed E-state index contributed by atoms with van der Waals surface area (Å²) < 4.78 is 0. The lowest BCUT2D eigenvalue weighted by Crippen LogP contribution is -2.13. The van der Waals surface area contributed by atoms with E-state index in [1.54, 1.807) is 12.4 Å². The highest BCUT2D eigenvalue weighted by molar-refractivity contribution is 6.31. The monoisotopic (exact) mass is 367 g/mol. The highest BCUT2D eigenvalue weighted by Crippen LogP contribution is 2.30. The van der Waals surface area contributed by atoms with E-state index in [-0.39, 0.29) is 6.04 Å². The van der Waals surface area contributed by atoms with Crippen LogP contribution in [0.2, 0.25) is 5.02 Å². The van der Waals surface area contributed by atoms with Crippen molar-refractivity contribution in [1.29, 1.82) is 0 Å². The van der Waals surface area contributed by atoms with E-state index in [2.05, 4.69) is 39.4 Å². The average Bonchev–Trinajstić information content (AvgIpc) is 2.62. The number of anilines is 3. The van der Waals surface area contributed by atoms with Gasteiger partial charge in [-0.05, 0) is 57.0 Å². The molecule has 0 saturated heterocycles. The average molecular weight is 368 g/mol. The van der Waals surface area contributed by atoms with E-state index in [4.69, 9.17) is 11.6 Å². The van der Waals surface area contributed by atoms with Gasteiger partial charge in [0.05, 0.1) is 5.69 Å². The zero-order chi connectivity index (χ0) is 18.7. The summed E-state index contributed by atoms with van der Waals surface area (Å²) in [6, 6.07) is 9.93. The minimum absolute atomic E-state index is 0.227. The molecule has 0 aliphatic carbocycles. The van der Waals surface area contributed by atoms with Crippen LogP contribution in [0.3, 0.4) is 0 Å². The summed E-state index contributed by atoms with van der Waals surface area (Å²) in [7, 11) is 0. The Balaban J connectivity index is 2.05. The minimum atomic E-state index is 0.227. The first-order valence-electron chi connectivity index (χ1n) is 8.53. The molecule has 0 amide bonds. The van der Waals surface area contributed by atoms with Gasteiger partial charge in [0.1, 0.15) is 5.82 Å². The van der Waals surface area contributed by atoms with Crippen LogP contribution in [0.1, 0.15) is 25.0 Å². The smallest absolute Gasteiger partial charge is 0.225 e. The molecule has 6 heteroatoms. The molecule has 0 fully saturated rings. The second-order valence-corrected chi connectivity index (χ2v) is 6.89. The largest absolute Gasteiger partial charge is 0.352 e. The molecular weight excluding hydrogens is 346 g/mol. The number of benzene rings is 1. The number of aromatic nitrogens is 3. The van der Waals surface area contributed by atoms with Crippen LogP contribution in [0.5, 0.6) is 0 Å². The maximum Gasteiger partial charge on any atom is 0.225 e. The summed E-state index contributed by atoms with van der Waals surface area (Å²) in [6.45, 7) is 8.15. The van der Waals surface area contributed by atoms with Crippen LogP contribution in [0, 0.1) is 13.8 Å². The van der Waals surface area contributed by atoms with Crippen LogP contribution in [0.25, 0.3) is 11.3 Å². The molecule has 0 aliphatic rings. The third kappa shape index (κ3) is 4.11. The summed E-state index contributed by atoms with van der Waals surface area (Å²) in [5.74, 6) is 1.29. The molecule has 0 aliphatic heterocycles. The zero-order valence-corrected chi connectivity index (χ0v) is 16.1. The second-order valence-electron chi connectivity index (χ2n) is 6.49. The fraction of sp³-hybridized carbons (Fsp3) is 0.250. The van der Waals surface area contributed by atoms with E-state index >= 15 is 0 Å². The Morgan fingerprint density at radius 3 is 2.42 bits per heavy atom. The van der Waals surface area contributed by atoms with Crippen LogP contribution in [0.15, 0.2) is 42.7 Å². The molecule has 0 spiro atoms. The summed E-state index contributed by atoms with van der Waals surface area (Å²) in [4.78, 5) is 13.3. The standard InChI is InChI=1S/C20H22ClN5/c1-12(2)23-20-24-17(15-7-9-22-10-8-15)11-18(26-20)25-19-13(3)5-6-16(21)14(19)4/h5-12H,1-4H3,(H2,23,24,25,26). The summed E-state index contributed by atoms with van der Waals surface area (Å²) in [6.07, 6.45) is 3.51. The van der Waals surface area contributed by atoms with Gasteiger partial charge >= 0.3 is 0 Å². The molecule has 2 heterocycles. The van der Waals surface area contributed by atoms with Gasteiger partial charge in [-0.2, -0.15) is 4.98 Å². The number of nitrogens with one attached hydrogen (secondary N) is 2. The van der Waals surface area contributed by atoms with Crippen LogP contribution in [-0.2, 0) is 0 Å². The normalized spacial score (nSPS) is 10.8. The van der Waals surface area contributed by atoms with Gasteiger partial charge in [-0.3, -0.25) is 4.98 Å². The summed E-state index contributed by atoms with van der Waals surface area (Å²) in [5, 5.41) is 7.42. The predicted octanol–water partition coefficient (Wildman–Crippen LogP) is 5.37. The zero-order valence-electron chi connectivity index (χ0n) is 15.3. The van der Waals surface area contributed by atoms with Crippen molar-refractivity contribution < 1.29 is 0 Å². The number of halogens is 1. The minimum Gasteiger partial charge on any atom is -0.352 e. The molecule has 0 atom stereocenters. The van der Waals surface area contributed by atoms with Gasteiger partial charge < -0.3 is 10.6 Å². The Kier molecular flexibility index (Phi) is 5.38. The molecule has 5 nitrogen and oxygen atoms in total. The van der Waals surface area contributed by atoms with E-state index in [9.17, 15) is 0 Å². The van der Waals surface area contributed by atoms with Crippen molar-refractivity contribution in [1.82, 2.24) is 15.0 Å². The van der Waals surface area contributed by atoms with Gasteiger partial charge in [0, 0.05) is 40.8 Å². The first-order chi connectivity index (χ1) is 12.4. The highest BCUT2D eigenvalue weighted by atomic mass is 35.5. The lowest BCUT2D eigenvalue weighted by Gasteiger charge is -2.16. The molecule has 0 radical (unpaired) electrons. The van der Waals surface area contributed by atoms with E-state index in [1.807, 2.05) is 44.2 Å². The number of nitrogens with zero attached hydrogens (tertiary/aromatic N) is 3. The van der Waals surface area contributed by atoms with Crippen LogP contribution in [0.4, 0.5) is 17.5 Å². The van der Waals surface area contributed by atoms with Crippen molar-refractivity contribution >= 4 is 29.1 Å². The van der Waals surface area contributed by atoms with Gasteiger partial charge in [-0.25, -0.2) is 4.98 Å². The van der Waals surface area contributed by atoms with Crippen molar-refractivity contribution in [2.75, 3.05) is 10.6 Å². The Labute approximate surface area is 158 Å². The van der Waals surface area contributed by atoms with Gasteiger partial charge in [0.15, 0.2) is 0 Å². The molecule has 2 N–H and O–H groups in total. The van der Waals surface area contributed by atoms with Crippen molar-refractivity contribution in [3.63, 3.8) is 0 Å². The van der Waals surface area contributed by atoms with E-state index in [0.29, 0.717) is 11.8 Å². The van der Waals surface area contributed by atoms with Gasteiger partial charge in [0.2, 0.25) is 5.95 Å². The van der Waals surface area contributed by atoms with Crippen molar-refractivity contribution in [2.24, 2.45) is 0 Å². The van der Waals surface area contributed by atoms with Crippen LogP contribution < -0.4 is 10.6 Å². The Bertz CT molecular complexity index is 910. The predicted molar refractivity (Wildman–Crippen MR) is 108 cm³/mol. The van der Waals surface area contributed by atoms with Crippen LogP contribution in [-0.4, -0.2) is 21.0 Å². The lowest BCUT2D eigenvalue weighted by molar-refractivity contribution is 0.876. The highest BCUT2D eigenvalue weighted by Gasteiger charge is 2.11. The summed E-state index contributed by atoms with van der Waals surface area (Å²) >= 11 is 6.29. The van der Waals surface area contributed by atoms with Gasteiger partial charge in [-0.15, -0.1) is 0 Å². The SMILES string of the molecule is Cc1ccc(Cl)c(C)c1Nc1cc(-c2ccncc2)nc(NC(C)C)n1. The number of hydrogen-bond acceptors (Lipinski definition) is 5. The first-order valence-corrected chi connectivity index (χ1v) is 8.90. The molecule has 134 valence electrons. The molecule has 3 rings (SSSR count). The molecule has 26 heavy (non-hydrogen) atoms. The summed E-state index contributed by atoms with van der Waals surface area (Å²) in [5.41, 5.74) is 4.87. The Hall–Kier alpha value is -2.66. The number of rotatable bonds is 5. The molecule has 2 aromatic heterocycles.